The Morgan fingerprint density at radius 1 is 0.800 bits per heavy atom. The molecule has 3 aromatic carbocycles. The van der Waals surface area contributed by atoms with Crippen LogP contribution in [0.15, 0.2) is 79.3 Å². The first-order valence-electron chi connectivity index (χ1n) is 10.8. The lowest BCUT2D eigenvalue weighted by molar-refractivity contribution is -0.714. The quantitative estimate of drug-likeness (QED) is 0.283. The van der Waals surface area contributed by atoms with Gasteiger partial charge in [0.05, 0.1) is 6.04 Å². The number of fused-ring (bicyclic) bond motifs is 3. The summed E-state index contributed by atoms with van der Waals surface area (Å²) in [5.41, 5.74) is 5.26. The van der Waals surface area contributed by atoms with Gasteiger partial charge in [-0.3, -0.25) is 0 Å². The zero-order valence-electron chi connectivity index (χ0n) is 18.5. The smallest absolute Gasteiger partial charge is 0.234 e. The molecule has 0 unspecified atom stereocenters. The summed E-state index contributed by atoms with van der Waals surface area (Å²) in [4.78, 5) is 0. The van der Waals surface area contributed by atoms with Crippen molar-refractivity contribution in [1.29, 1.82) is 0 Å². The largest absolute Gasteiger partial charge is 0.249 e. The molecule has 2 aromatic heterocycles. The minimum Gasteiger partial charge on any atom is -0.234 e. The third kappa shape index (κ3) is 2.90. The number of pyridine rings is 1. The molecule has 2 heterocycles. The molecule has 30 heavy (non-hydrogen) atoms. The molecule has 0 aliphatic carbocycles. The number of imidazole rings is 1. The van der Waals surface area contributed by atoms with E-state index >= 15 is 0 Å². The van der Waals surface area contributed by atoms with E-state index in [1.165, 1.54) is 43.9 Å². The van der Waals surface area contributed by atoms with Crippen molar-refractivity contribution in [1.82, 2.24) is 4.40 Å². The van der Waals surface area contributed by atoms with Crippen LogP contribution in [0.3, 0.4) is 0 Å². The fourth-order valence-corrected chi connectivity index (χ4v) is 4.56. The highest BCUT2D eigenvalue weighted by Crippen LogP contribution is 2.41. The first-order chi connectivity index (χ1) is 14.3. The van der Waals surface area contributed by atoms with Gasteiger partial charge in [-0.1, -0.05) is 81.4 Å². The topological polar surface area (TPSA) is 8.29 Å². The van der Waals surface area contributed by atoms with Crippen LogP contribution >= 0.6 is 0 Å². The van der Waals surface area contributed by atoms with E-state index < -0.39 is 0 Å². The van der Waals surface area contributed by atoms with Crippen LogP contribution in [0, 0.1) is 0 Å². The molecule has 0 N–H and O–H groups in total. The van der Waals surface area contributed by atoms with Crippen LogP contribution < -0.4 is 4.57 Å². The van der Waals surface area contributed by atoms with Crippen LogP contribution in [0.2, 0.25) is 0 Å². The summed E-state index contributed by atoms with van der Waals surface area (Å²) in [6.45, 7) is 11.4. The average molecular weight is 394 g/mol. The van der Waals surface area contributed by atoms with Crippen LogP contribution in [-0.2, 0) is 5.41 Å². The lowest BCUT2D eigenvalue weighted by Gasteiger charge is -2.24. The molecule has 0 aliphatic rings. The van der Waals surface area contributed by atoms with Gasteiger partial charge in [-0.05, 0) is 47.1 Å². The lowest BCUT2D eigenvalue weighted by Crippen LogP contribution is -2.33. The zero-order valence-corrected chi connectivity index (χ0v) is 18.5. The van der Waals surface area contributed by atoms with Gasteiger partial charge < -0.3 is 0 Å². The second-order valence-electron chi connectivity index (χ2n) is 9.62. The van der Waals surface area contributed by atoms with E-state index in [0.717, 1.165) is 0 Å². The Hall–Kier alpha value is -3.13. The number of hydrogen-bond acceptors (Lipinski definition) is 0. The summed E-state index contributed by atoms with van der Waals surface area (Å²) < 4.78 is 4.69. The molecule has 2 nitrogen and oxygen atoms in total. The molecular formula is C28H29N2+. The van der Waals surface area contributed by atoms with Gasteiger partial charge in [0, 0.05) is 10.9 Å². The van der Waals surface area contributed by atoms with Gasteiger partial charge >= 0.3 is 0 Å². The minimum atomic E-state index is 0.0316. The molecule has 0 atom stereocenters. The highest BCUT2D eigenvalue weighted by Gasteiger charge is 2.26. The molecule has 0 spiro atoms. The number of nitrogens with zero attached hydrogens (tertiary/aromatic N) is 2. The predicted molar refractivity (Wildman–Crippen MR) is 127 cm³/mol. The number of benzene rings is 3. The van der Waals surface area contributed by atoms with E-state index in [2.05, 4.69) is 123 Å². The Labute approximate surface area is 178 Å². The van der Waals surface area contributed by atoms with Gasteiger partial charge in [-0.15, -0.1) is 0 Å². The number of aromatic nitrogens is 2. The van der Waals surface area contributed by atoms with E-state index in [0.29, 0.717) is 6.04 Å². The molecule has 0 amide bonds. The molecule has 2 heteroatoms. The minimum absolute atomic E-state index is 0.0316. The van der Waals surface area contributed by atoms with E-state index in [1.807, 2.05) is 0 Å². The zero-order chi connectivity index (χ0) is 21.0. The summed E-state index contributed by atoms with van der Waals surface area (Å²) in [5.74, 6) is 0. The van der Waals surface area contributed by atoms with E-state index in [4.69, 9.17) is 0 Å². The second kappa shape index (κ2) is 6.70. The third-order valence-electron chi connectivity index (χ3n) is 6.14. The molecule has 0 fully saturated rings. The number of hydrogen-bond donors (Lipinski definition) is 0. The molecule has 5 aromatic rings. The second-order valence-corrected chi connectivity index (χ2v) is 9.62. The Kier molecular flexibility index (Phi) is 4.21. The van der Waals surface area contributed by atoms with Crippen LogP contribution in [0.1, 0.15) is 46.2 Å². The predicted octanol–water partition coefficient (Wildman–Crippen LogP) is 7.08. The third-order valence-corrected chi connectivity index (χ3v) is 6.14. The van der Waals surface area contributed by atoms with Crippen molar-refractivity contribution < 1.29 is 4.57 Å². The summed E-state index contributed by atoms with van der Waals surface area (Å²) in [6, 6.07) is 24.9. The summed E-state index contributed by atoms with van der Waals surface area (Å²) in [7, 11) is 0. The molecule has 150 valence electrons. The van der Waals surface area contributed by atoms with E-state index in [9.17, 15) is 0 Å². The van der Waals surface area contributed by atoms with Crippen LogP contribution in [-0.4, -0.2) is 4.40 Å². The molecule has 0 aliphatic heterocycles. The highest BCUT2D eigenvalue weighted by molar-refractivity contribution is 6.06. The highest BCUT2D eigenvalue weighted by atomic mass is 15.1. The SMILES string of the molecule is CC(C)[n+]1cc2cc3ccccc3c(-c3c(C(C)(C)C)ccc4ccccc34)n2c1. The first-order valence-corrected chi connectivity index (χ1v) is 10.8. The van der Waals surface area contributed by atoms with E-state index in [-0.39, 0.29) is 5.41 Å². The Balaban J connectivity index is 2.04. The molecule has 0 radical (unpaired) electrons. The standard InChI is InChI=1S/C28H29N2/c1-19(2)29-17-22-16-21-11-7-9-13-24(21)27(30(22)18-29)26-23-12-8-6-10-20(23)14-15-25(26)28(3,4)5/h6-19H,1-5H3/q+1. The van der Waals surface area contributed by atoms with Gasteiger partial charge in [0.25, 0.3) is 0 Å². The van der Waals surface area contributed by atoms with Crippen molar-refractivity contribution in [2.45, 2.75) is 46.1 Å². The van der Waals surface area contributed by atoms with Gasteiger partial charge in [0.2, 0.25) is 6.33 Å². The maximum absolute atomic E-state index is 2.39. The van der Waals surface area contributed by atoms with Crippen molar-refractivity contribution in [2.24, 2.45) is 0 Å². The molecule has 0 saturated carbocycles. The fraction of sp³-hybridized carbons (Fsp3) is 0.250. The molecule has 5 rings (SSSR count). The Bertz CT molecular complexity index is 1400. The monoisotopic (exact) mass is 393 g/mol. The van der Waals surface area contributed by atoms with Gasteiger partial charge in [0.1, 0.15) is 11.9 Å². The Morgan fingerprint density at radius 2 is 1.47 bits per heavy atom. The van der Waals surface area contributed by atoms with Crippen molar-refractivity contribution in [3.8, 4) is 11.3 Å². The molecule has 0 bridgehead atoms. The fourth-order valence-electron chi connectivity index (χ4n) is 4.56. The molecule has 0 saturated heterocycles. The van der Waals surface area contributed by atoms with E-state index in [1.54, 1.807) is 0 Å². The summed E-state index contributed by atoms with van der Waals surface area (Å²) >= 11 is 0. The maximum atomic E-state index is 2.39. The summed E-state index contributed by atoms with van der Waals surface area (Å²) in [5, 5.41) is 5.16. The van der Waals surface area contributed by atoms with Crippen molar-refractivity contribution >= 4 is 27.1 Å². The van der Waals surface area contributed by atoms with Crippen molar-refractivity contribution in [3.05, 3.63) is 84.8 Å². The maximum Gasteiger partial charge on any atom is 0.249 e. The first kappa shape index (κ1) is 18.9. The number of rotatable bonds is 2. The summed E-state index contributed by atoms with van der Waals surface area (Å²) in [6.07, 6.45) is 4.53. The van der Waals surface area contributed by atoms with Crippen LogP contribution in [0.5, 0.6) is 0 Å². The average Bonchev–Trinajstić information content (AvgIpc) is 3.14. The van der Waals surface area contributed by atoms with Gasteiger partial charge in [-0.25, -0.2) is 4.57 Å². The van der Waals surface area contributed by atoms with Crippen LogP contribution in [0.25, 0.3) is 38.3 Å². The van der Waals surface area contributed by atoms with Crippen molar-refractivity contribution in [2.75, 3.05) is 0 Å². The Morgan fingerprint density at radius 3 is 2.17 bits per heavy atom. The van der Waals surface area contributed by atoms with Crippen LogP contribution in [0.4, 0.5) is 0 Å². The van der Waals surface area contributed by atoms with Gasteiger partial charge in [-0.2, -0.15) is 4.40 Å². The van der Waals surface area contributed by atoms with Gasteiger partial charge in [0.15, 0.2) is 5.52 Å². The normalized spacial score (nSPS) is 12.5. The molecular weight excluding hydrogens is 364 g/mol. The lowest BCUT2D eigenvalue weighted by atomic mass is 9.80. The van der Waals surface area contributed by atoms with Crippen molar-refractivity contribution in [3.63, 3.8) is 0 Å².